The van der Waals surface area contributed by atoms with Crippen LogP contribution in [0.1, 0.15) is 38.8 Å². The van der Waals surface area contributed by atoms with E-state index in [1.54, 1.807) is 14.2 Å². The molecule has 1 unspecified atom stereocenters. The van der Waals surface area contributed by atoms with E-state index < -0.39 is 0 Å². The summed E-state index contributed by atoms with van der Waals surface area (Å²) in [6.45, 7) is 10.4. The van der Waals surface area contributed by atoms with E-state index in [1.807, 2.05) is 12.1 Å². The summed E-state index contributed by atoms with van der Waals surface area (Å²) in [5.74, 6) is 2.50. The third-order valence-electron chi connectivity index (χ3n) is 5.14. The molecule has 0 spiro atoms. The molecule has 160 valence electrons. The molecule has 0 aromatic heterocycles. The van der Waals surface area contributed by atoms with Crippen molar-refractivity contribution >= 4 is 29.9 Å². The Morgan fingerprint density at radius 1 is 1.25 bits per heavy atom. The smallest absolute Gasteiger partial charge is 0.194 e. The number of halogens is 1. The second kappa shape index (κ2) is 11.1. The van der Waals surface area contributed by atoms with Crippen molar-refractivity contribution in [2.45, 2.75) is 33.2 Å². The standard InChI is InChI=1S/C21H36N4O2.HI/c1-8-22-20(25-12-11-21(2,3)15-25)23-14-17(24(4)5)16-9-10-18(26-6)19(13-16)27-7;/h9-10,13,17H,8,11-12,14-15H2,1-7H3,(H,22,23);1H. The lowest BCUT2D eigenvalue weighted by Crippen LogP contribution is -2.41. The van der Waals surface area contributed by atoms with Crippen LogP contribution in [0.5, 0.6) is 11.5 Å². The summed E-state index contributed by atoms with van der Waals surface area (Å²) in [4.78, 5) is 9.55. The molecule has 0 aliphatic carbocycles. The van der Waals surface area contributed by atoms with Gasteiger partial charge >= 0.3 is 0 Å². The van der Waals surface area contributed by atoms with Gasteiger partial charge in [-0.25, -0.2) is 0 Å². The maximum absolute atomic E-state index is 5.48. The van der Waals surface area contributed by atoms with Crippen molar-refractivity contribution in [3.63, 3.8) is 0 Å². The Hall–Kier alpha value is -1.22. The highest BCUT2D eigenvalue weighted by atomic mass is 127. The molecule has 0 radical (unpaired) electrons. The minimum absolute atomic E-state index is 0. The van der Waals surface area contributed by atoms with Gasteiger partial charge in [0.15, 0.2) is 17.5 Å². The van der Waals surface area contributed by atoms with E-state index in [-0.39, 0.29) is 30.0 Å². The fraction of sp³-hybridized carbons (Fsp3) is 0.667. The van der Waals surface area contributed by atoms with Crippen LogP contribution in [0.25, 0.3) is 0 Å². The first-order valence-electron chi connectivity index (χ1n) is 9.73. The first-order valence-corrected chi connectivity index (χ1v) is 9.73. The number of likely N-dealkylation sites (tertiary alicyclic amines) is 1. The fourth-order valence-corrected chi connectivity index (χ4v) is 3.52. The number of rotatable bonds is 7. The molecule has 2 rings (SSSR count). The maximum atomic E-state index is 5.48. The number of hydrogen-bond acceptors (Lipinski definition) is 4. The summed E-state index contributed by atoms with van der Waals surface area (Å²) in [5.41, 5.74) is 1.51. The van der Waals surface area contributed by atoms with Crippen molar-refractivity contribution in [2.75, 3.05) is 54.5 Å². The van der Waals surface area contributed by atoms with Crippen LogP contribution in [0.2, 0.25) is 0 Å². The molecule has 1 aliphatic rings. The third kappa shape index (κ3) is 6.40. The van der Waals surface area contributed by atoms with E-state index in [2.05, 4.69) is 56.0 Å². The predicted molar refractivity (Wildman–Crippen MR) is 127 cm³/mol. The van der Waals surface area contributed by atoms with Crippen LogP contribution in [0.15, 0.2) is 23.2 Å². The van der Waals surface area contributed by atoms with Gasteiger partial charge in [-0.15, -0.1) is 24.0 Å². The number of nitrogens with one attached hydrogen (secondary N) is 1. The Bertz CT molecular complexity index is 649. The summed E-state index contributed by atoms with van der Waals surface area (Å²) in [6.07, 6.45) is 1.20. The second-order valence-corrected chi connectivity index (χ2v) is 8.12. The third-order valence-corrected chi connectivity index (χ3v) is 5.14. The Labute approximate surface area is 187 Å². The van der Waals surface area contributed by atoms with Crippen LogP contribution < -0.4 is 14.8 Å². The zero-order valence-corrected chi connectivity index (χ0v) is 20.7. The summed E-state index contributed by atoms with van der Waals surface area (Å²) in [5, 5.41) is 3.46. The van der Waals surface area contributed by atoms with Crippen LogP contribution in [0.3, 0.4) is 0 Å². The van der Waals surface area contributed by atoms with Gasteiger partial charge in [0.2, 0.25) is 0 Å². The van der Waals surface area contributed by atoms with Crippen molar-refractivity contribution in [1.82, 2.24) is 15.1 Å². The largest absolute Gasteiger partial charge is 0.493 e. The molecule has 1 heterocycles. The van der Waals surface area contributed by atoms with Gasteiger partial charge in [0, 0.05) is 19.6 Å². The zero-order chi connectivity index (χ0) is 20.0. The molecule has 1 N–H and O–H groups in total. The molecule has 1 saturated heterocycles. The highest BCUT2D eigenvalue weighted by Gasteiger charge is 2.31. The van der Waals surface area contributed by atoms with Crippen molar-refractivity contribution in [2.24, 2.45) is 10.4 Å². The van der Waals surface area contributed by atoms with Crippen LogP contribution >= 0.6 is 24.0 Å². The number of guanidine groups is 1. The molecular formula is C21H37IN4O2. The van der Waals surface area contributed by atoms with Gasteiger partial charge in [0.05, 0.1) is 26.8 Å². The topological polar surface area (TPSA) is 49.3 Å². The van der Waals surface area contributed by atoms with Crippen molar-refractivity contribution in [3.8, 4) is 11.5 Å². The molecular weight excluding hydrogens is 467 g/mol. The van der Waals surface area contributed by atoms with Crippen molar-refractivity contribution in [3.05, 3.63) is 23.8 Å². The molecule has 0 amide bonds. The quantitative estimate of drug-likeness (QED) is 0.349. The Morgan fingerprint density at radius 3 is 2.43 bits per heavy atom. The minimum Gasteiger partial charge on any atom is -0.493 e. The van der Waals surface area contributed by atoms with Crippen LogP contribution in [0.4, 0.5) is 0 Å². The van der Waals surface area contributed by atoms with E-state index in [9.17, 15) is 0 Å². The van der Waals surface area contributed by atoms with Crippen LogP contribution in [-0.4, -0.2) is 70.3 Å². The van der Waals surface area contributed by atoms with Gasteiger partial charge < -0.3 is 24.6 Å². The fourth-order valence-electron chi connectivity index (χ4n) is 3.52. The Kier molecular flexibility index (Phi) is 9.83. The number of hydrogen-bond donors (Lipinski definition) is 1. The zero-order valence-electron chi connectivity index (χ0n) is 18.4. The summed E-state index contributed by atoms with van der Waals surface area (Å²) >= 11 is 0. The summed E-state index contributed by atoms with van der Waals surface area (Å²) < 4.78 is 10.8. The Morgan fingerprint density at radius 2 is 1.93 bits per heavy atom. The number of aliphatic imine (C=N–C) groups is 1. The van der Waals surface area contributed by atoms with Crippen LogP contribution in [0, 0.1) is 5.41 Å². The monoisotopic (exact) mass is 504 g/mol. The number of nitrogens with zero attached hydrogens (tertiary/aromatic N) is 3. The average Bonchev–Trinajstić information content (AvgIpc) is 3.00. The predicted octanol–water partition coefficient (Wildman–Crippen LogP) is 3.62. The van der Waals surface area contributed by atoms with Crippen molar-refractivity contribution in [1.29, 1.82) is 0 Å². The van der Waals surface area contributed by atoms with Crippen LogP contribution in [-0.2, 0) is 0 Å². The lowest BCUT2D eigenvalue weighted by molar-refractivity contribution is 0.302. The van der Waals surface area contributed by atoms with Gasteiger partial charge in [-0.3, -0.25) is 4.99 Å². The normalized spacial score (nSPS) is 17.3. The SMILES string of the molecule is CCNC(=NCC(c1ccc(OC)c(OC)c1)N(C)C)N1CCC(C)(C)C1.I. The van der Waals surface area contributed by atoms with Gasteiger partial charge in [-0.05, 0) is 50.6 Å². The number of benzene rings is 1. The molecule has 0 bridgehead atoms. The van der Waals surface area contributed by atoms with Gasteiger partial charge in [0.25, 0.3) is 0 Å². The maximum Gasteiger partial charge on any atom is 0.194 e. The van der Waals surface area contributed by atoms with E-state index >= 15 is 0 Å². The highest BCUT2D eigenvalue weighted by Crippen LogP contribution is 2.32. The first-order chi connectivity index (χ1) is 12.8. The van der Waals surface area contributed by atoms with Gasteiger partial charge in [-0.2, -0.15) is 0 Å². The van der Waals surface area contributed by atoms with E-state index in [0.29, 0.717) is 12.0 Å². The lowest BCUT2D eigenvalue weighted by atomic mass is 9.93. The summed E-state index contributed by atoms with van der Waals surface area (Å²) in [7, 11) is 7.50. The van der Waals surface area contributed by atoms with E-state index in [0.717, 1.165) is 37.1 Å². The molecule has 1 atom stereocenters. The molecule has 1 fully saturated rings. The molecule has 28 heavy (non-hydrogen) atoms. The Balaban J connectivity index is 0.00000392. The number of methoxy groups -OCH3 is 2. The minimum atomic E-state index is 0. The molecule has 7 heteroatoms. The highest BCUT2D eigenvalue weighted by molar-refractivity contribution is 14.0. The van der Waals surface area contributed by atoms with Gasteiger partial charge in [-0.1, -0.05) is 19.9 Å². The molecule has 1 aromatic carbocycles. The van der Waals surface area contributed by atoms with E-state index in [1.165, 1.54) is 12.0 Å². The number of likely N-dealkylation sites (N-methyl/N-ethyl adjacent to an activating group) is 1. The second-order valence-electron chi connectivity index (χ2n) is 8.12. The molecule has 1 aromatic rings. The molecule has 6 nitrogen and oxygen atoms in total. The van der Waals surface area contributed by atoms with Crippen molar-refractivity contribution < 1.29 is 9.47 Å². The summed E-state index contributed by atoms with van der Waals surface area (Å²) in [6, 6.07) is 6.26. The number of ether oxygens (including phenoxy) is 2. The first kappa shape index (κ1) is 24.8. The average molecular weight is 504 g/mol. The molecule has 0 saturated carbocycles. The molecule has 1 aliphatic heterocycles. The van der Waals surface area contributed by atoms with Gasteiger partial charge in [0.1, 0.15) is 0 Å². The lowest BCUT2D eigenvalue weighted by Gasteiger charge is -2.27. The van der Waals surface area contributed by atoms with E-state index in [4.69, 9.17) is 14.5 Å².